The third kappa shape index (κ3) is 5.24. The van der Waals surface area contributed by atoms with Crippen LogP contribution in [0.4, 0.5) is 11.4 Å². The Hall–Kier alpha value is -4.00. The summed E-state index contributed by atoms with van der Waals surface area (Å²) in [7, 11) is 1.65. The second kappa shape index (κ2) is 11.0. The molecule has 2 amide bonds. The van der Waals surface area contributed by atoms with Gasteiger partial charge in [0.1, 0.15) is 5.75 Å². The first-order valence-electron chi connectivity index (χ1n) is 11.9. The molecule has 0 saturated carbocycles. The summed E-state index contributed by atoms with van der Waals surface area (Å²) in [5.41, 5.74) is 3.01. The molecular formula is C28H31N3O4. The van der Waals surface area contributed by atoms with Gasteiger partial charge in [-0.1, -0.05) is 18.7 Å². The van der Waals surface area contributed by atoms with Crippen molar-refractivity contribution in [3.05, 3.63) is 78.1 Å². The maximum atomic E-state index is 13.2. The summed E-state index contributed by atoms with van der Waals surface area (Å²) in [5, 5.41) is 8.39. The van der Waals surface area contributed by atoms with E-state index in [1.54, 1.807) is 13.2 Å². The number of methoxy groups -OCH3 is 1. The molecule has 4 rings (SSSR count). The first-order chi connectivity index (χ1) is 17.0. The zero-order valence-corrected chi connectivity index (χ0v) is 20.2. The van der Waals surface area contributed by atoms with Crippen molar-refractivity contribution in [3.8, 4) is 5.75 Å². The lowest BCUT2D eigenvalue weighted by atomic mass is 9.93. The number of nitrogens with zero attached hydrogens (tertiary/aromatic N) is 1. The Kier molecular flexibility index (Phi) is 7.55. The standard InChI is InChI=1S/C28H31N3O4/c1-4-35-19(2)7-6-18-31-27(32)23-9-5-8-22-25(15-14-24(26(22)23)28(31)33)30-17-16-29-20-10-12-21(34-3)13-11-20/h5,8-15,29-30H,2,4,6-7,16-18H2,1,3H3. The van der Waals surface area contributed by atoms with Crippen molar-refractivity contribution in [2.24, 2.45) is 0 Å². The summed E-state index contributed by atoms with van der Waals surface area (Å²) in [6.07, 6.45) is 1.22. The molecule has 1 heterocycles. The highest BCUT2D eigenvalue weighted by atomic mass is 16.5. The van der Waals surface area contributed by atoms with E-state index in [1.807, 2.05) is 55.5 Å². The molecule has 3 aromatic carbocycles. The van der Waals surface area contributed by atoms with Crippen LogP contribution in [0, 0.1) is 0 Å². The SMILES string of the molecule is C=C(CCCN1C(=O)c2cccc3c(NCCNc4ccc(OC)cc4)ccc(c23)C1=O)OCC. The monoisotopic (exact) mass is 473 g/mol. The molecule has 182 valence electrons. The van der Waals surface area contributed by atoms with E-state index < -0.39 is 0 Å². The Balaban J connectivity index is 1.45. The van der Waals surface area contributed by atoms with Crippen LogP contribution in [-0.4, -0.2) is 50.1 Å². The molecule has 0 spiro atoms. The Morgan fingerprint density at radius 2 is 1.66 bits per heavy atom. The fraction of sp³-hybridized carbons (Fsp3) is 0.286. The van der Waals surface area contributed by atoms with Crippen LogP contribution in [-0.2, 0) is 4.74 Å². The van der Waals surface area contributed by atoms with E-state index in [9.17, 15) is 9.59 Å². The molecule has 3 aromatic rings. The largest absolute Gasteiger partial charge is 0.499 e. The number of carbonyl (C=O) groups is 2. The zero-order chi connectivity index (χ0) is 24.8. The molecule has 0 aliphatic carbocycles. The number of amides is 2. The molecular weight excluding hydrogens is 442 g/mol. The summed E-state index contributed by atoms with van der Waals surface area (Å²) < 4.78 is 10.6. The van der Waals surface area contributed by atoms with Crippen molar-refractivity contribution < 1.29 is 19.1 Å². The highest BCUT2D eigenvalue weighted by Crippen LogP contribution is 2.34. The molecule has 7 heteroatoms. The zero-order valence-electron chi connectivity index (χ0n) is 20.2. The van der Waals surface area contributed by atoms with Gasteiger partial charge in [-0.2, -0.15) is 0 Å². The Morgan fingerprint density at radius 3 is 2.37 bits per heavy atom. The lowest BCUT2D eigenvalue weighted by Gasteiger charge is -2.28. The molecule has 0 unspecified atom stereocenters. The molecule has 0 atom stereocenters. The summed E-state index contributed by atoms with van der Waals surface area (Å²) in [6, 6.07) is 17.1. The molecule has 2 N–H and O–H groups in total. The van der Waals surface area contributed by atoms with Crippen molar-refractivity contribution in [2.75, 3.05) is 44.0 Å². The van der Waals surface area contributed by atoms with Crippen LogP contribution in [0.5, 0.6) is 5.75 Å². The predicted octanol–water partition coefficient (Wildman–Crippen LogP) is 5.30. The van der Waals surface area contributed by atoms with Crippen LogP contribution in [0.15, 0.2) is 66.9 Å². The topological polar surface area (TPSA) is 79.9 Å². The Morgan fingerprint density at radius 1 is 0.943 bits per heavy atom. The number of imide groups is 1. The van der Waals surface area contributed by atoms with Crippen molar-refractivity contribution in [2.45, 2.75) is 19.8 Å². The van der Waals surface area contributed by atoms with Crippen LogP contribution < -0.4 is 15.4 Å². The third-order valence-corrected chi connectivity index (χ3v) is 6.04. The number of nitrogens with one attached hydrogen (secondary N) is 2. The first-order valence-corrected chi connectivity index (χ1v) is 11.9. The quantitative estimate of drug-likeness (QED) is 0.211. The summed E-state index contributed by atoms with van der Waals surface area (Å²) in [4.78, 5) is 27.7. The van der Waals surface area contributed by atoms with Crippen LogP contribution in [0.1, 0.15) is 40.5 Å². The van der Waals surface area contributed by atoms with Gasteiger partial charge in [0.05, 0.1) is 19.5 Å². The van der Waals surface area contributed by atoms with E-state index in [1.165, 1.54) is 4.90 Å². The highest BCUT2D eigenvalue weighted by Gasteiger charge is 2.32. The van der Waals surface area contributed by atoms with Gasteiger partial charge in [0.25, 0.3) is 11.8 Å². The maximum absolute atomic E-state index is 13.2. The molecule has 0 fully saturated rings. The average Bonchev–Trinajstić information content (AvgIpc) is 2.88. The number of carbonyl (C=O) groups excluding carboxylic acids is 2. The molecule has 0 saturated heterocycles. The summed E-state index contributed by atoms with van der Waals surface area (Å²) in [5.74, 6) is 0.974. The second-order valence-corrected chi connectivity index (χ2v) is 8.31. The van der Waals surface area contributed by atoms with Gasteiger partial charge < -0.3 is 20.1 Å². The van der Waals surface area contributed by atoms with Gasteiger partial charge in [0.2, 0.25) is 0 Å². The second-order valence-electron chi connectivity index (χ2n) is 8.31. The van der Waals surface area contributed by atoms with E-state index in [0.717, 1.165) is 22.5 Å². The predicted molar refractivity (Wildman–Crippen MR) is 139 cm³/mol. The van der Waals surface area contributed by atoms with E-state index in [0.29, 0.717) is 61.4 Å². The summed E-state index contributed by atoms with van der Waals surface area (Å²) >= 11 is 0. The van der Waals surface area contributed by atoms with Crippen molar-refractivity contribution in [3.63, 3.8) is 0 Å². The minimum atomic E-state index is -0.256. The van der Waals surface area contributed by atoms with E-state index in [-0.39, 0.29) is 11.8 Å². The van der Waals surface area contributed by atoms with Crippen molar-refractivity contribution in [1.82, 2.24) is 4.90 Å². The molecule has 0 radical (unpaired) electrons. The summed E-state index contributed by atoms with van der Waals surface area (Å²) in [6.45, 7) is 8.03. The number of rotatable bonds is 12. The smallest absolute Gasteiger partial charge is 0.261 e. The van der Waals surface area contributed by atoms with E-state index in [4.69, 9.17) is 9.47 Å². The normalized spacial score (nSPS) is 12.6. The molecule has 7 nitrogen and oxygen atoms in total. The number of hydrogen-bond donors (Lipinski definition) is 2. The molecule has 1 aliphatic rings. The third-order valence-electron chi connectivity index (χ3n) is 6.04. The van der Waals surface area contributed by atoms with Gasteiger partial charge in [-0.25, -0.2) is 0 Å². The van der Waals surface area contributed by atoms with Gasteiger partial charge in [-0.15, -0.1) is 0 Å². The Bertz CT molecular complexity index is 1210. The van der Waals surface area contributed by atoms with Gasteiger partial charge >= 0.3 is 0 Å². The van der Waals surface area contributed by atoms with Crippen LogP contribution >= 0.6 is 0 Å². The fourth-order valence-electron chi connectivity index (χ4n) is 4.33. The number of ether oxygens (including phenoxy) is 2. The van der Waals surface area contributed by atoms with Gasteiger partial charge in [-0.05, 0) is 55.8 Å². The highest BCUT2D eigenvalue weighted by molar-refractivity contribution is 6.26. The minimum absolute atomic E-state index is 0.256. The molecule has 0 bridgehead atoms. The first kappa shape index (κ1) is 24.1. The van der Waals surface area contributed by atoms with Gasteiger partial charge in [-0.3, -0.25) is 14.5 Å². The number of allylic oxidation sites excluding steroid dienone is 1. The van der Waals surface area contributed by atoms with Crippen molar-refractivity contribution in [1.29, 1.82) is 0 Å². The Labute approximate surface area is 205 Å². The van der Waals surface area contributed by atoms with Crippen LogP contribution in [0.3, 0.4) is 0 Å². The number of anilines is 2. The van der Waals surface area contributed by atoms with Crippen molar-refractivity contribution >= 4 is 34.0 Å². The average molecular weight is 474 g/mol. The fourth-order valence-corrected chi connectivity index (χ4v) is 4.33. The van der Waals surface area contributed by atoms with Crippen LogP contribution in [0.2, 0.25) is 0 Å². The lowest BCUT2D eigenvalue weighted by Crippen LogP contribution is -2.41. The minimum Gasteiger partial charge on any atom is -0.499 e. The molecule has 1 aliphatic heterocycles. The van der Waals surface area contributed by atoms with E-state index in [2.05, 4.69) is 17.2 Å². The number of hydrogen-bond acceptors (Lipinski definition) is 6. The number of benzene rings is 3. The van der Waals surface area contributed by atoms with Crippen LogP contribution in [0.25, 0.3) is 10.8 Å². The van der Waals surface area contributed by atoms with Gasteiger partial charge in [0, 0.05) is 59.3 Å². The lowest BCUT2D eigenvalue weighted by molar-refractivity contribution is 0.0606. The molecule has 35 heavy (non-hydrogen) atoms. The van der Waals surface area contributed by atoms with Gasteiger partial charge in [0.15, 0.2) is 0 Å². The van der Waals surface area contributed by atoms with E-state index >= 15 is 0 Å². The maximum Gasteiger partial charge on any atom is 0.261 e. The molecule has 0 aromatic heterocycles.